The molecule has 1 fully saturated rings. The third kappa shape index (κ3) is 5.04. The number of carbonyl (C=O) groups excluding carboxylic acids is 1. The molecule has 0 aromatic heterocycles. The van der Waals surface area contributed by atoms with Crippen LogP contribution in [0.2, 0.25) is 0 Å². The Morgan fingerprint density at radius 1 is 1.22 bits per heavy atom. The molecule has 8 heteroatoms. The first kappa shape index (κ1) is 17.4. The fraction of sp³-hybridized carbons (Fsp3) is 0.467. The van der Waals surface area contributed by atoms with E-state index < -0.39 is 27.4 Å². The Kier molecular flexibility index (Phi) is 4.76. The van der Waals surface area contributed by atoms with E-state index in [0.717, 1.165) is 12.8 Å². The predicted octanol–water partition coefficient (Wildman–Crippen LogP) is 1.11. The van der Waals surface area contributed by atoms with Crippen LogP contribution in [0.15, 0.2) is 29.2 Å². The zero-order valence-electron chi connectivity index (χ0n) is 13.0. The van der Waals surface area contributed by atoms with E-state index in [2.05, 4.69) is 10.0 Å². The lowest BCUT2D eigenvalue weighted by Gasteiger charge is -2.24. The molecule has 126 valence electrons. The summed E-state index contributed by atoms with van der Waals surface area (Å²) in [5.74, 6) is -1.46. The zero-order valence-corrected chi connectivity index (χ0v) is 13.8. The van der Waals surface area contributed by atoms with Crippen LogP contribution in [0.4, 0.5) is 0 Å². The summed E-state index contributed by atoms with van der Waals surface area (Å²) in [6, 6.07) is 5.56. The molecular weight excluding hydrogens is 320 g/mol. The minimum Gasteiger partial charge on any atom is -0.481 e. The highest BCUT2D eigenvalue weighted by molar-refractivity contribution is 7.89. The molecule has 1 aliphatic rings. The van der Waals surface area contributed by atoms with Gasteiger partial charge in [0, 0.05) is 17.1 Å². The van der Waals surface area contributed by atoms with E-state index in [4.69, 9.17) is 5.11 Å². The molecule has 1 saturated carbocycles. The largest absolute Gasteiger partial charge is 0.481 e. The van der Waals surface area contributed by atoms with Gasteiger partial charge in [-0.3, -0.25) is 9.59 Å². The van der Waals surface area contributed by atoms with Gasteiger partial charge in [0.2, 0.25) is 10.0 Å². The molecule has 7 nitrogen and oxygen atoms in total. The van der Waals surface area contributed by atoms with Gasteiger partial charge in [-0.05, 0) is 51.0 Å². The van der Waals surface area contributed by atoms with Crippen LogP contribution in [0.25, 0.3) is 0 Å². The van der Waals surface area contributed by atoms with Gasteiger partial charge in [-0.25, -0.2) is 13.1 Å². The third-order valence-corrected chi connectivity index (χ3v) is 4.91. The fourth-order valence-electron chi connectivity index (χ4n) is 2.08. The highest BCUT2D eigenvalue weighted by Gasteiger charge is 2.28. The van der Waals surface area contributed by atoms with Gasteiger partial charge in [0.1, 0.15) is 0 Å². The van der Waals surface area contributed by atoms with Crippen LogP contribution in [-0.4, -0.2) is 37.0 Å². The van der Waals surface area contributed by atoms with Crippen molar-refractivity contribution in [2.75, 3.05) is 0 Å². The topological polar surface area (TPSA) is 113 Å². The maximum Gasteiger partial charge on any atom is 0.305 e. The second kappa shape index (κ2) is 6.29. The molecule has 23 heavy (non-hydrogen) atoms. The summed E-state index contributed by atoms with van der Waals surface area (Å²) in [7, 11) is -3.55. The summed E-state index contributed by atoms with van der Waals surface area (Å²) in [6.45, 7) is 3.22. The molecule has 2 rings (SSSR count). The van der Waals surface area contributed by atoms with Crippen molar-refractivity contribution >= 4 is 21.9 Å². The van der Waals surface area contributed by atoms with Crippen LogP contribution in [0.1, 0.15) is 43.5 Å². The monoisotopic (exact) mass is 340 g/mol. The molecule has 0 heterocycles. The van der Waals surface area contributed by atoms with E-state index in [-0.39, 0.29) is 22.9 Å². The molecule has 0 saturated heterocycles. The lowest BCUT2D eigenvalue weighted by atomic mass is 10.00. The van der Waals surface area contributed by atoms with Gasteiger partial charge in [0.25, 0.3) is 5.91 Å². The molecule has 1 aliphatic carbocycles. The number of sulfonamides is 1. The minimum atomic E-state index is -3.55. The van der Waals surface area contributed by atoms with Crippen molar-refractivity contribution < 1.29 is 23.1 Å². The molecule has 1 aromatic carbocycles. The lowest BCUT2D eigenvalue weighted by Crippen LogP contribution is -2.44. The molecule has 0 atom stereocenters. The summed E-state index contributed by atoms with van der Waals surface area (Å²) in [5.41, 5.74) is -0.630. The molecule has 0 aliphatic heterocycles. The summed E-state index contributed by atoms with van der Waals surface area (Å²) in [5, 5.41) is 11.4. The van der Waals surface area contributed by atoms with Crippen molar-refractivity contribution in [3.8, 4) is 0 Å². The number of carbonyl (C=O) groups is 2. The summed E-state index contributed by atoms with van der Waals surface area (Å²) < 4.78 is 26.6. The number of amides is 1. The van der Waals surface area contributed by atoms with Crippen LogP contribution in [0.5, 0.6) is 0 Å². The van der Waals surface area contributed by atoms with Crippen LogP contribution < -0.4 is 10.0 Å². The van der Waals surface area contributed by atoms with Gasteiger partial charge in [0.05, 0.1) is 11.3 Å². The maximum atomic E-state index is 12.1. The van der Waals surface area contributed by atoms with Crippen molar-refractivity contribution in [1.82, 2.24) is 10.0 Å². The molecule has 3 N–H and O–H groups in total. The molecule has 0 unspecified atom stereocenters. The Bertz CT molecular complexity index is 706. The minimum absolute atomic E-state index is 0.0137. The number of carboxylic acids is 1. The zero-order chi connectivity index (χ0) is 17.3. The number of hydrogen-bond donors (Lipinski definition) is 3. The molecule has 0 bridgehead atoms. The van der Waals surface area contributed by atoms with Crippen molar-refractivity contribution in [3.05, 3.63) is 29.8 Å². The summed E-state index contributed by atoms with van der Waals surface area (Å²) in [4.78, 5) is 23.0. The van der Waals surface area contributed by atoms with E-state index >= 15 is 0 Å². The average molecular weight is 340 g/mol. The number of nitrogens with one attached hydrogen (secondary N) is 2. The van der Waals surface area contributed by atoms with Gasteiger partial charge >= 0.3 is 5.97 Å². The Balaban J connectivity index is 2.06. The average Bonchev–Trinajstić information content (AvgIpc) is 3.20. The number of benzene rings is 1. The van der Waals surface area contributed by atoms with E-state index in [0.29, 0.717) is 0 Å². The van der Waals surface area contributed by atoms with Crippen molar-refractivity contribution in [1.29, 1.82) is 0 Å². The van der Waals surface area contributed by atoms with Gasteiger partial charge in [0.15, 0.2) is 0 Å². The van der Waals surface area contributed by atoms with Crippen LogP contribution in [0.3, 0.4) is 0 Å². The second-order valence-electron chi connectivity index (χ2n) is 6.33. The first-order valence-electron chi connectivity index (χ1n) is 7.26. The predicted molar refractivity (Wildman–Crippen MR) is 83.6 cm³/mol. The van der Waals surface area contributed by atoms with Crippen LogP contribution in [-0.2, 0) is 14.8 Å². The molecule has 1 aromatic rings. The Morgan fingerprint density at radius 2 is 1.78 bits per heavy atom. The number of hydrogen-bond acceptors (Lipinski definition) is 4. The Hall–Kier alpha value is -1.93. The fourth-order valence-corrected chi connectivity index (χ4v) is 3.38. The number of aliphatic carboxylic acids is 1. The first-order chi connectivity index (χ1) is 10.6. The second-order valence-corrected chi connectivity index (χ2v) is 8.04. The van der Waals surface area contributed by atoms with E-state index in [1.807, 2.05) is 0 Å². The molecule has 1 amide bonds. The maximum absolute atomic E-state index is 12.1. The Morgan fingerprint density at radius 3 is 2.26 bits per heavy atom. The normalized spacial score (nSPS) is 15.2. The summed E-state index contributed by atoms with van der Waals surface area (Å²) in [6.07, 6.45) is 1.48. The van der Waals surface area contributed by atoms with Crippen molar-refractivity contribution in [3.63, 3.8) is 0 Å². The SMILES string of the molecule is CC(C)(CC(=O)O)NC(=O)c1ccc(S(=O)(=O)NC2CC2)cc1. The molecule has 0 spiro atoms. The van der Waals surface area contributed by atoms with Gasteiger partial charge in [-0.15, -0.1) is 0 Å². The van der Waals surface area contributed by atoms with E-state index in [1.165, 1.54) is 24.3 Å². The lowest BCUT2D eigenvalue weighted by molar-refractivity contribution is -0.138. The van der Waals surface area contributed by atoms with Gasteiger partial charge < -0.3 is 10.4 Å². The first-order valence-corrected chi connectivity index (χ1v) is 8.74. The Labute approximate surface area is 135 Å². The molecule has 0 radical (unpaired) electrons. The summed E-state index contributed by atoms with van der Waals surface area (Å²) >= 11 is 0. The van der Waals surface area contributed by atoms with Crippen LogP contribution >= 0.6 is 0 Å². The van der Waals surface area contributed by atoms with Gasteiger partial charge in [-0.1, -0.05) is 0 Å². The van der Waals surface area contributed by atoms with E-state index in [1.54, 1.807) is 13.8 Å². The number of carboxylic acid groups (broad SMARTS) is 1. The van der Waals surface area contributed by atoms with Gasteiger partial charge in [-0.2, -0.15) is 0 Å². The smallest absolute Gasteiger partial charge is 0.305 e. The quantitative estimate of drug-likeness (QED) is 0.688. The number of rotatable bonds is 7. The standard InChI is InChI=1S/C15H20N2O5S/c1-15(2,9-13(18)19)16-14(20)10-3-7-12(8-4-10)23(21,22)17-11-5-6-11/h3-4,7-8,11,17H,5-6,9H2,1-2H3,(H,16,20)(H,18,19). The van der Waals surface area contributed by atoms with Crippen LogP contribution in [0, 0.1) is 0 Å². The third-order valence-electron chi connectivity index (χ3n) is 3.37. The van der Waals surface area contributed by atoms with Crippen molar-refractivity contribution in [2.24, 2.45) is 0 Å². The highest BCUT2D eigenvalue weighted by atomic mass is 32.2. The highest BCUT2D eigenvalue weighted by Crippen LogP contribution is 2.22. The van der Waals surface area contributed by atoms with Crippen molar-refractivity contribution in [2.45, 2.75) is 49.6 Å². The molecular formula is C15H20N2O5S. The van der Waals surface area contributed by atoms with E-state index in [9.17, 15) is 18.0 Å².